The SMILES string of the molecule is O=C(NCC1(OCCO)CCSCC1)C1CC1. The molecule has 98 valence electrons. The van der Waals surface area contributed by atoms with E-state index >= 15 is 0 Å². The number of aliphatic hydroxyl groups excluding tert-OH is 1. The molecule has 2 aliphatic rings. The molecule has 17 heavy (non-hydrogen) atoms. The Morgan fingerprint density at radius 1 is 1.41 bits per heavy atom. The summed E-state index contributed by atoms with van der Waals surface area (Å²) in [6.07, 6.45) is 3.99. The summed E-state index contributed by atoms with van der Waals surface area (Å²) >= 11 is 1.93. The van der Waals surface area contributed by atoms with Gasteiger partial charge in [-0.2, -0.15) is 11.8 Å². The van der Waals surface area contributed by atoms with Gasteiger partial charge in [-0.1, -0.05) is 0 Å². The summed E-state index contributed by atoms with van der Waals surface area (Å²) in [5.41, 5.74) is -0.238. The van der Waals surface area contributed by atoms with E-state index in [2.05, 4.69) is 5.32 Å². The Balaban J connectivity index is 1.82. The van der Waals surface area contributed by atoms with Crippen molar-refractivity contribution >= 4 is 17.7 Å². The zero-order valence-corrected chi connectivity index (χ0v) is 10.9. The summed E-state index contributed by atoms with van der Waals surface area (Å²) in [5, 5.41) is 11.9. The minimum atomic E-state index is -0.238. The molecule has 4 nitrogen and oxygen atoms in total. The third-order valence-corrected chi connectivity index (χ3v) is 4.42. The Labute approximate surface area is 106 Å². The molecule has 1 aliphatic heterocycles. The Bertz CT molecular complexity index is 262. The fourth-order valence-electron chi connectivity index (χ4n) is 2.12. The number of hydrogen-bond acceptors (Lipinski definition) is 4. The van der Waals surface area contributed by atoms with Gasteiger partial charge in [0.2, 0.25) is 5.91 Å². The molecule has 1 amide bonds. The Kier molecular flexibility index (Phi) is 4.70. The Morgan fingerprint density at radius 3 is 2.71 bits per heavy atom. The summed E-state index contributed by atoms with van der Waals surface area (Å²) in [6, 6.07) is 0. The minimum absolute atomic E-state index is 0.0471. The van der Waals surface area contributed by atoms with Crippen LogP contribution in [0.15, 0.2) is 0 Å². The van der Waals surface area contributed by atoms with E-state index in [1.54, 1.807) is 0 Å². The average Bonchev–Trinajstić information content (AvgIpc) is 3.19. The molecular weight excluding hydrogens is 238 g/mol. The van der Waals surface area contributed by atoms with Gasteiger partial charge in [-0.05, 0) is 37.2 Å². The van der Waals surface area contributed by atoms with Crippen molar-refractivity contribution in [3.63, 3.8) is 0 Å². The van der Waals surface area contributed by atoms with E-state index in [1.165, 1.54) is 0 Å². The highest BCUT2D eigenvalue weighted by molar-refractivity contribution is 7.99. The first-order chi connectivity index (χ1) is 8.26. The molecule has 0 atom stereocenters. The quantitative estimate of drug-likeness (QED) is 0.740. The highest BCUT2D eigenvalue weighted by Crippen LogP contribution is 2.32. The zero-order chi connectivity index (χ0) is 12.1. The van der Waals surface area contributed by atoms with E-state index in [-0.39, 0.29) is 24.0 Å². The van der Waals surface area contributed by atoms with Crippen molar-refractivity contribution in [1.82, 2.24) is 5.32 Å². The van der Waals surface area contributed by atoms with Crippen LogP contribution in [-0.2, 0) is 9.53 Å². The van der Waals surface area contributed by atoms with Crippen molar-refractivity contribution in [2.24, 2.45) is 5.92 Å². The molecule has 0 spiro atoms. The van der Waals surface area contributed by atoms with E-state index in [0.29, 0.717) is 13.2 Å². The highest BCUT2D eigenvalue weighted by Gasteiger charge is 2.36. The van der Waals surface area contributed by atoms with Crippen molar-refractivity contribution in [3.05, 3.63) is 0 Å². The van der Waals surface area contributed by atoms with Crippen LogP contribution >= 0.6 is 11.8 Å². The van der Waals surface area contributed by atoms with Crippen LogP contribution in [0.5, 0.6) is 0 Å². The lowest BCUT2D eigenvalue weighted by Gasteiger charge is -2.37. The standard InChI is InChI=1S/C12H21NO3S/c14-5-6-16-12(3-7-17-8-4-12)9-13-11(15)10-1-2-10/h10,14H,1-9H2,(H,13,15). The number of rotatable bonds is 6. The van der Waals surface area contributed by atoms with Crippen LogP contribution in [0.1, 0.15) is 25.7 Å². The lowest BCUT2D eigenvalue weighted by Crippen LogP contribution is -2.48. The summed E-state index contributed by atoms with van der Waals surface area (Å²) in [6.45, 7) is 1.01. The second kappa shape index (κ2) is 6.07. The van der Waals surface area contributed by atoms with Gasteiger partial charge >= 0.3 is 0 Å². The first kappa shape index (κ1) is 13.2. The van der Waals surface area contributed by atoms with E-state index in [9.17, 15) is 4.79 Å². The van der Waals surface area contributed by atoms with Crippen LogP contribution in [0.2, 0.25) is 0 Å². The molecule has 2 fully saturated rings. The van der Waals surface area contributed by atoms with E-state index < -0.39 is 0 Å². The third kappa shape index (κ3) is 3.86. The molecule has 5 heteroatoms. The molecule has 0 bridgehead atoms. The molecule has 1 aliphatic carbocycles. The molecule has 0 aromatic carbocycles. The number of aliphatic hydroxyl groups is 1. The van der Waals surface area contributed by atoms with Crippen LogP contribution < -0.4 is 5.32 Å². The normalized spacial score (nSPS) is 23.4. The maximum atomic E-state index is 11.6. The fourth-order valence-corrected chi connectivity index (χ4v) is 3.35. The van der Waals surface area contributed by atoms with Crippen molar-refractivity contribution in [2.45, 2.75) is 31.3 Å². The maximum absolute atomic E-state index is 11.6. The second-order valence-corrected chi connectivity index (χ2v) is 6.08. The van der Waals surface area contributed by atoms with Gasteiger partial charge in [0.1, 0.15) is 0 Å². The third-order valence-electron chi connectivity index (χ3n) is 3.44. The molecule has 2 N–H and O–H groups in total. The Morgan fingerprint density at radius 2 is 2.12 bits per heavy atom. The van der Waals surface area contributed by atoms with Crippen LogP contribution in [0.4, 0.5) is 0 Å². The van der Waals surface area contributed by atoms with Gasteiger partial charge in [0.25, 0.3) is 0 Å². The minimum Gasteiger partial charge on any atom is -0.394 e. The predicted octanol–water partition coefficient (Wildman–Crippen LogP) is 0.787. The smallest absolute Gasteiger partial charge is 0.223 e. The summed E-state index contributed by atoms with van der Waals surface area (Å²) < 4.78 is 5.79. The summed E-state index contributed by atoms with van der Waals surface area (Å²) in [7, 11) is 0. The molecule has 1 saturated heterocycles. The molecule has 2 rings (SSSR count). The first-order valence-electron chi connectivity index (χ1n) is 6.36. The van der Waals surface area contributed by atoms with Crippen LogP contribution in [0.25, 0.3) is 0 Å². The number of hydrogen-bond donors (Lipinski definition) is 2. The van der Waals surface area contributed by atoms with Crippen molar-refractivity contribution in [2.75, 3.05) is 31.3 Å². The van der Waals surface area contributed by atoms with Gasteiger partial charge in [0.15, 0.2) is 0 Å². The molecule has 0 aromatic heterocycles. The van der Waals surface area contributed by atoms with Crippen LogP contribution in [-0.4, -0.2) is 47.9 Å². The number of carbonyl (C=O) groups excluding carboxylic acids is 1. The van der Waals surface area contributed by atoms with Gasteiger partial charge in [-0.15, -0.1) is 0 Å². The molecular formula is C12H21NO3S. The average molecular weight is 259 g/mol. The summed E-state index contributed by atoms with van der Waals surface area (Å²) in [4.78, 5) is 11.6. The number of ether oxygens (including phenoxy) is 1. The monoisotopic (exact) mass is 259 g/mol. The van der Waals surface area contributed by atoms with E-state index in [4.69, 9.17) is 9.84 Å². The van der Waals surface area contributed by atoms with Gasteiger partial charge in [-0.25, -0.2) is 0 Å². The van der Waals surface area contributed by atoms with Gasteiger partial charge in [0.05, 0.1) is 18.8 Å². The van der Waals surface area contributed by atoms with E-state index in [0.717, 1.165) is 37.2 Å². The number of thioether (sulfide) groups is 1. The largest absolute Gasteiger partial charge is 0.394 e. The predicted molar refractivity (Wildman–Crippen MR) is 68.1 cm³/mol. The lowest BCUT2D eigenvalue weighted by molar-refractivity contribution is -0.125. The summed E-state index contributed by atoms with van der Waals surface area (Å²) in [5.74, 6) is 2.58. The zero-order valence-electron chi connectivity index (χ0n) is 10.1. The van der Waals surface area contributed by atoms with Crippen LogP contribution in [0, 0.1) is 5.92 Å². The highest BCUT2D eigenvalue weighted by atomic mass is 32.2. The Hall–Kier alpha value is -0.260. The van der Waals surface area contributed by atoms with Gasteiger partial charge in [-0.3, -0.25) is 4.79 Å². The number of nitrogens with one attached hydrogen (secondary N) is 1. The topological polar surface area (TPSA) is 58.6 Å². The molecule has 1 saturated carbocycles. The van der Waals surface area contributed by atoms with Gasteiger partial charge in [0, 0.05) is 12.5 Å². The van der Waals surface area contributed by atoms with Crippen molar-refractivity contribution < 1.29 is 14.6 Å². The second-order valence-electron chi connectivity index (χ2n) is 4.86. The molecule has 0 radical (unpaired) electrons. The molecule has 0 aromatic rings. The van der Waals surface area contributed by atoms with E-state index in [1.807, 2.05) is 11.8 Å². The molecule has 1 heterocycles. The molecule has 0 unspecified atom stereocenters. The number of amides is 1. The number of carbonyl (C=O) groups is 1. The van der Waals surface area contributed by atoms with Crippen molar-refractivity contribution in [3.8, 4) is 0 Å². The van der Waals surface area contributed by atoms with Crippen molar-refractivity contribution in [1.29, 1.82) is 0 Å². The maximum Gasteiger partial charge on any atom is 0.223 e. The lowest BCUT2D eigenvalue weighted by atomic mass is 9.96. The first-order valence-corrected chi connectivity index (χ1v) is 7.51. The fraction of sp³-hybridized carbons (Fsp3) is 0.917. The van der Waals surface area contributed by atoms with Gasteiger partial charge < -0.3 is 15.2 Å². The van der Waals surface area contributed by atoms with Crippen LogP contribution in [0.3, 0.4) is 0 Å².